The zero-order valence-electron chi connectivity index (χ0n) is 14.1. The number of hydrogen-bond acceptors (Lipinski definition) is 2. The fraction of sp³-hybridized carbons (Fsp3) is 0.368. The van der Waals surface area contributed by atoms with Crippen LogP contribution in [-0.2, 0) is 0 Å². The van der Waals surface area contributed by atoms with E-state index in [1.807, 2.05) is 26.0 Å². The van der Waals surface area contributed by atoms with Gasteiger partial charge in [0.15, 0.2) is 0 Å². The van der Waals surface area contributed by atoms with Gasteiger partial charge in [0, 0.05) is 10.6 Å². The molecule has 0 aliphatic heterocycles. The lowest BCUT2D eigenvalue weighted by atomic mass is 10.1. The Morgan fingerprint density at radius 2 is 1.18 bits per heavy atom. The fourth-order valence-corrected chi connectivity index (χ4v) is 5.65. The van der Waals surface area contributed by atoms with Gasteiger partial charge in [0.1, 0.15) is 11.5 Å². The molecule has 0 aliphatic carbocycles. The van der Waals surface area contributed by atoms with Crippen LogP contribution in [0, 0.1) is 27.7 Å². The van der Waals surface area contributed by atoms with Crippen molar-refractivity contribution in [3.05, 3.63) is 46.5 Å². The molecule has 3 heteroatoms. The molecule has 2 N–H and O–H groups in total. The van der Waals surface area contributed by atoms with Gasteiger partial charge in [0.25, 0.3) is 0 Å². The van der Waals surface area contributed by atoms with E-state index >= 15 is 0 Å². The van der Waals surface area contributed by atoms with E-state index in [1.54, 1.807) is 0 Å². The Morgan fingerprint density at radius 3 is 1.55 bits per heavy atom. The summed E-state index contributed by atoms with van der Waals surface area (Å²) in [6, 6.07) is 8.14. The summed E-state index contributed by atoms with van der Waals surface area (Å²) in [6.45, 7) is 10.1. The van der Waals surface area contributed by atoms with Crippen molar-refractivity contribution < 1.29 is 10.2 Å². The Bertz CT molecular complexity index is 635. The van der Waals surface area contributed by atoms with Gasteiger partial charge in [0.05, 0.1) is 0 Å². The second-order valence-corrected chi connectivity index (χ2v) is 8.32. The maximum atomic E-state index is 10.5. The van der Waals surface area contributed by atoms with Gasteiger partial charge < -0.3 is 10.2 Å². The molecule has 0 bridgehead atoms. The Labute approximate surface area is 134 Å². The molecule has 0 spiro atoms. The summed E-state index contributed by atoms with van der Waals surface area (Å²) in [5.74, 6) is 0.757. The van der Waals surface area contributed by atoms with Gasteiger partial charge in [-0.05, 0) is 76.2 Å². The third-order valence-electron chi connectivity index (χ3n) is 3.88. The maximum absolute atomic E-state index is 10.5. The number of hydrogen-bond donors (Lipinski definition) is 2. The van der Waals surface area contributed by atoms with Crippen LogP contribution in [0.5, 0.6) is 11.5 Å². The largest absolute Gasteiger partial charge is 0.507 e. The van der Waals surface area contributed by atoms with E-state index in [9.17, 15) is 10.2 Å². The molecule has 2 aromatic rings. The molecule has 2 rings (SSSR count). The molecule has 0 unspecified atom stereocenters. The van der Waals surface area contributed by atoms with E-state index in [-0.39, 0.29) is 0 Å². The van der Waals surface area contributed by atoms with Crippen LogP contribution < -0.4 is 10.6 Å². The molecule has 0 atom stereocenters. The number of aryl methyl sites for hydroxylation is 4. The van der Waals surface area contributed by atoms with Crippen LogP contribution in [0.25, 0.3) is 0 Å². The third kappa shape index (κ3) is 3.28. The molecule has 0 aromatic heterocycles. The smallest absolute Gasteiger partial charge is 0.126 e. The van der Waals surface area contributed by atoms with Crippen LogP contribution in [0.2, 0.25) is 0 Å². The van der Waals surface area contributed by atoms with Gasteiger partial charge >= 0.3 is 0 Å². The molecular formula is C19H25O2P. The molecule has 0 fully saturated rings. The van der Waals surface area contributed by atoms with Crippen molar-refractivity contribution in [1.82, 2.24) is 0 Å². The summed E-state index contributed by atoms with van der Waals surface area (Å²) in [4.78, 5) is 0. The first-order valence-electron chi connectivity index (χ1n) is 7.73. The van der Waals surface area contributed by atoms with Gasteiger partial charge in [-0.1, -0.05) is 25.5 Å². The summed E-state index contributed by atoms with van der Waals surface area (Å²) in [7, 11) is -0.757. The van der Waals surface area contributed by atoms with E-state index in [1.165, 1.54) is 0 Å². The van der Waals surface area contributed by atoms with Gasteiger partial charge in [-0.3, -0.25) is 0 Å². The zero-order valence-corrected chi connectivity index (χ0v) is 15.0. The van der Waals surface area contributed by atoms with Crippen molar-refractivity contribution >= 4 is 18.5 Å². The first-order valence-corrected chi connectivity index (χ1v) is 9.25. The van der Waals surface area contributed by atoms with Crippen LogP contribution in [0.3, 0.4) is 0 Å². The molecule has 0 saturated heterocycles. The average molecular weight is 316 g/mol. The van der Waals surface area contributed by atoms with E-state index in [0.29, 0.717) is 11.5 Å². The van der Waals surface area contributed by atoms with Crippen molar-refractivity contribution in [2.24, 2.45) is 0 Å². The Balaban J connectivity index is 2.66. The van der Waals surface area contributed by atoms with Crippen molar-refractivity contribution in [2.75, 3.05) is 6.16 Å². The van der Waals surface area contributed by atoms with Gasteiger partial charge in [-0.25, -0.2) is 0 Å². The summed E-state index contributed by atoms with van der Waals surface area (Å²) >= 11 is 0. The molecule has 0 radical (unpaired) electrons. The van der Waals surface area contributed by atoms with E-state index < -0.39 is 7.92 Å². The molecule has 0 amide bonds. The maximum Gasteiger partial charge on any atom is 0.126 e. The summed E-state index contributed by atoms with van der Waals surface area (Å²) in [6.07, 6.45) is 1.98. The monoisotopic (exact) mass is 316 g/mol. The lowest BCUT2D eigenvalue weighted by molar-refractivity contribution is 0.474. The minimum absolute atomic E-state index is 0.378. The Morgan fingerprint density at radius 1 is 0.773 bits per heavy atom. The van der Waals surface area contributed by atoms with Gasteiger partial charge in [-0.15, -0.1) is 0 Å². The van der Waals surface area contributed by atoms with Crippen molar-refractivity contribution in [2.45, 2.75) is 41.0 Å². The van der Waals surface area contributed by atoms with Gasteiger partial charge in [-0.2, -0.15) is 0 Å². The summed E-state index contributed by atoms with van der Waals surface area (Å²) in [5.41, 5.74) is 4.11. The molecule has 0 saturated carbocycles. The highest BCUT2D eigenvalue weighted by Gasteiger charge is 2.22. The molecule has 0 heterocycles. The first-order chi connectivity index (χ1) is 10.3. The number of phenols is 2. The standard InChI is InChI=1S/C19H25O2P/c1-6-7-22(16-10-12(2)8-14(4)18(16)20)17-11-13(3)9-15(5)19(17)21/h8-11,20-21H,6-7H2,1-5H3. The third-order valence-corrected chi connectivity index (χ3v) is 6.62. The average Bonchev–Trinajstić information content (AvgIpc) is 2.44. The quantitative estimate of drug-likeness (QED) is 0.831. The van der Waals surface area contributed by atoms with Gasteiger partial charge in [0.2, 0.25) is 0 Å². The second kappa shape index (κ2) is 6.71. The van der Waals surface area contributed by atoms with Crippen molar-refractivity contribution in [3.8, 4) is 11.5 Å². The first kappa shape index (κ1) is 16.8. The topological polar surface area (TPSA) is 40.5 Å². The number of rotatable bonds is 4. The minimum atomic E-state index is -0.757. The number of aromatic hydroxyl groups is 2. The Hall–Kier alpha value is -1.53. The predicted molar refractivity (Wildman–Crippen MR) is 96.5 cm³/mol. The zero-order chi connectivity index (χ0) is 16.4. The molecule has 22 heavy (non-hydrogen) atoms. The highest BCUT2D eigenvalue weighted by Crippen LogP contribution is 2.42. The SMILES string of the molecule is CCCP(c1cc(C)cc(C)c1O)c1cc(C)cc(C)c1O. The highest BCUT2D eigenvalue weighted by molar-refractivity contribution is 7.73. The van der Waals surface area contributed by atoms with E-state index in [0.717, 1.165) is 45.4 Å². The highest BCUT2D eigenvalue weighted by atomic mass is 31.1. The number of phenolic OH excluding ortho intramolecular Hbond substituents is 2. The van der Waals surface area contributed by atoms with Crippen LogP contribution in [0.4, 0.5) is 0 Å². The Kier molecular flexibility index (Phi) is 5.13. The van der Waals surface area contributed by atoms with Crippen molar-refractivity contribution in [1.29, 1.82) is 0 Å². The fourth-order valence-electron chi connectivity index (χ4n) is 2.88. The lowest BCUT2D eigenvalue weighted by Gasteiger charge is -2.23. The number of benzene rings is 2. The predicted octanol–water partition coefficient (Wildman–Crippen LogP) is 4.17. The second-order valence-electron chi connectivity index (χ2n) is 6.05. The van der Waals surface area contributed by atoms with E-state index in [2.05, 4.69) is 32.9 Å². The molecule has 118 valence electrons. The van der Waals surface area contributed by atoms with Crippen LogP contribution in [0.1, 0.15) is 35.6 Å². The molecule has 2 nitrogen and oxygen atoms in total. The summed E-state index contributed by atoms with van der Waals surface area (Å²) in [5, 5.41) is 23.1. The lowest BCUT2D eigenvalue weighted by Crippen LogP contribution is -2.17. The van der Waals surface area contributed by atoms with Crippen LogP contribution in [0.15, 0.2) is 24.3 Å². The normalized spacial score (nSPS) is 11.2. The molecule has 2 aromatic carbocycles. The van der Waals surface area contributed by atoms with E-state index in [4.69, 9.17) is 0 Å². The molecule has 0 aliphatic rings. The van der Waals surface area contributed by atoms with Crippen LogP contribution in [-0.4, -0.2) is 16.4 Å². The minimum Gasteiger partial charge on any atom is -0.507 e. The molecular weight excluding hydrogens is 291 g/mol. The van der Waals surface area contributed by atoms with Crippen LogP contribution >= 0.6 is 7.92 Å². The van der Waals surface area contributed by atoms with Crippen molar-refractivity contribution in [3.63, 3.8) is 0 Å². The summed E-state index contributed by atoms with van der Waals surface area (Å²) < 4.78 is 0.